The van der Waals surface area contributed by atoms with Gasteiger partial charge >= 0.3 is 11.9 Å². The molecule has 37 heavy (non-hydrogen) atoms. The van der Waals surface area contributed by atoms with E-state index in [0.717, 1.165) is 0 Å². The third-order valence-electron chi connectivity index (χ3n) is 5.69. The van der Waals surface area contributed by atoms with Gasteiger partial charge in [0.15, 0.2) is 16.3 Å². The minimum Gasteiger partial charge on any atom is -0.496 e. The van der Waals surface area contributed by atoms with Gasteiger partial charge in [-0.2, -0.15) is 0 Å². The Morgan fingerprint density at radius 3 is 2.49 bits per heavy atom. The summed E-state index contributed by atoms with van der Waals surface area (Å²) >= 11 is 1.20. The first-order chi connectivity index (χ1) is 17.8. The Kier molecular flexibility index (Phi) is 7.58. The van der Waals surface area contributed by atoms with E-state index in [4.69, 9.17) is 18.9 Å². The third kappa shape index (κ3) is 5.05. The predicted molar refractivity (Wildman–Crippen MR) is 138 cm³/mol. The highest BCUT2D eigenvalue weighted by Crippen LogP contribution is 2.35. The number of fused-ring (bicyclic) bond motifs is 1. The smallest absolute Gasteiger partial charge is 0.338 e. The van der Waals surface area contributed by atoms with Crippen LogP contribution in [0.4, 0.5) is 0 Å². The van der Waals surface area contributed by atoms with Crippen molar-refractivity contribution in [1.29, 1.82) is 0 Å². The minimum atomic E-state index is -0.783. The molecule has 2 aromatic carbocycles. The van der Waals surface area contributed by atoms with Crippen molar-refractivity contribution in [2.24, 2.45) is 4.99 Å². The molecule has 3 aromatic rings. The van der Waals surface area contributed by atoms with Crippen LogP contribution in [0.25, 0.3) is 6.08 Å². The van der Waals surface area contributed by atoms with Crippen molar-refractivity contribution < 1.29 is 28.5 Å². The number of carbonyl (C=O) groups is 2. The number of para-hydroxylation sites is 1. The molecule has 1 atom stereocenters. The molecule has 192 valence electrons. The maximum Gasteiger partial charge on any atom is 0.338 e. The van der Waals surface area contributed by atoms with Crippen LogP contribution >= 0.6 is 11.3 Å². The van der Waals surface area contributed by atoms with Gasteiger partial charge in [-0.05, 0) is 43.7 Å². The summed E-state index contributed by atoms with van der Waals surface area (Å²) in [6.45, 7) is 4.94. The van der Waals surface area contributed by atoms with Crippen LogP contribution in [0.5, 0.6) is 17.2 Å². The summed E-state index contributed by atoms with van der Waals surface area (Å²) < 4.78 is 23.3. The molecule has 9 nitrogen and oxygen atoms in total. The van der Waals surface area contributed by atoms with Crippen LogP contribution in [0.1, 0.15) is 37.9 Å². The molecule has 10 heteroatoms. The van der Waals surface area contributed by atoms with Gasteiger partial charge in [0, 0.05) is 12.5 Å². The van der Waals surface area contributed by atoms with Gasteiger partial charge in [0.1, 0.15) is 11.8 Å². The van der Waals surface area contributed by atoms with Gasteiger partial charge in [0.25, 0.3) is 5.56 Å². The molecule has 0 N–H and O–H groups in total. The highest BCUT2D eigenvalue weighted by Gasteiger charge is 2.34. The molecular weight excluding hydrogens is 496 g/mol. The Morgan fingerprint density at radius 1 is 1.08 bits per heavy atom. The van der Waals surface area contributed by atoms with E-state index < -0.39 is 18.0 Å². The van der Waals surface area contributed by atoms with E-state index in [1.165, 1.54) is 37.0 Å². The number of thiazole rings is 1. The number of esters is 2. The highest BCUT2D eigenvalue weighted by atomic mass is 32.1. The van der Waals surface area contributed by atoms with Crippen molar-refractivity contribution in [3.8, 4) is 17.2 Å². The maximum atomic E-state index is 13.8. The highest BCUT2D eigenvalue weighted by molar-refractivity contribution is 7.07. The van der Waals surface area contributed by atoms with Crippen molar-refractivity contribution in [3.05, 3.63) is 84.5 Å². The van der Waals surface area contributed by atoms with E-state index in [1.807, 2.05) is 18.2 Å². The molecule has 1 aliphatic heterocycles. The van der Waals surface area contributed by atoms with Gasteiger partial charge < -0.3 is 18.9 Å². The lowest BCUT2D eigenvalue weighted by atomic mass is 9.95. The van der Waals surface area contributed by atoms with Crippen LogP contribution in [0.2, 0.25) is 0 Å². The predicted octanol–water partition coefficient (Wildman–Crippen LogP) is 2.74. The third-order valence-corrected chi connectivity index (χ3v) is 6.67. The van der Waals surface area contributed by atoms with Crippen LogP contribution in [-0.2, 0) is 14.3 Å². The van der Waals surface area contributed by atoms with Crippen molar-refractivity contribution in [2.75, 3.05) is 20.8 Å². The largest absolute Gasteiger partial charge is 0.496 e. The summed E-state index contributed by atoms with van der Waals surface area (Å²) in [6.07, 6.45) is 1.70. The van der Waals surface area contributed by atoms with Crippen LogP contribution in [0, 0.1) is 0 Å². The molecule has 0 spiro atoms. The topological polar surface area (TPSA) is 105 Å². The van der Waals surface area contributed by atoms with E-state index in [1.54, 1.807) is 44.2 Å². The van der Waals surface area contributed by atoms with Crippen molar-refractivity contribution in [3.63, 3.8) is 0 Å². The Labute approximate surface area is 216 Å². The summed E-state index contributed by atoms with van der Waals surface area (Å²) in [5.41, 5.74) is 1.72. The number of methoxy groups -OCH3 is 2. The molecule has 0 unspecified atom stereocenters. The van der Waals surface area contributed by atoms with Gasteiger partial charge in [-0.15, -0.1) is 0 Å². The zero-order valence-corrected chi connectivity index (χ0v) is 21.9. The molecule has 0 saturated carbocycles. The lowest BCUT2D eigenvalue weighted by Crippen LogP contribution is -2.40. The van der Waals surface area contributed by atoms with Gasteiger partial charge in [-0.3, -0.25) is 14.2 Å². The lowest BCUT2D eigenvalue weighted by molar-refractivity contribution is -0.139. The monoisotopic (exact) mass is 522 g/mol. The van der Waals surface area contributed by atoms with Crippen molar-refractivity contribution >= 4 is 29.4 Å². The van der Waals surface area contributed by atoms with E-state index in [9.17, 15) is 14.4 Å². The second kappa shape index (κ2) is 10.8. The normalized spacial score (nSPS) is 15.1. The molecular formula is C27H26N2O7S. The SMILES string of the molecule is CCOC(=O)C1=C(C)N=c2s/c(=C/c3ccc(OC(C)=O)c(OC)c3)c(=O)n2[C@H]1c1ccccc1OC. The number of carbonyl (C=O) groups excluding carboxylic acids is 2. The molecule has 0 fully saturated rings. The van der Waals surface area contributed by atoms with E-state index in [-0.39, 0.29) is 23.5 Å². The fourth-order valence-corrected chi connectivity index (χ4v) is 5.19. The van der Waals surface area contributed by atoms with Crippen LogP contribution in [-0.4, -0.2) is 37.3 Å². The fraction of sp³-hybridized carbons (Fsp3) is 0.259. The Morgan fingerprint density at radius 2 is 1.81 bits per heavy atom. The summed E-state index contributed by atoms with van der Waals surface area (Å²) in [4.78, 5) is 43.2. The number of allylic oxidation sites excluding steroid dienone is 1. The quantitative estimate of drug-likeness (QED) is 0.347. The average Bonchev–Trinajstić information content (AvgIpc) is 3.17. The molecule has 4 rings (SSSR count). The first-order valence-electron chi connectivity index (χ1n) is 11.5. The molecule has 0 amide bonds. The molecule has 1 aliphatic rings. The minimum absolute atomic E-state index is 0.184. The molecule has 0 aliphatic carbocycles. The van der Waals surface area contributed by atoms with Crippen LogP contribution in [0.3, 0.4) is 0 Å². The zero-order valence-electron chi connectivity index (χ0n) is 21.1. The number of rotatable bonds is 7. The number of benzene rings is 2. The molecule has 0 bridgehead atoms. The number of ether oxygens (including phenoxy) is 4. The summed E-state index contributed by atoms with van der Waals surface area (Å²) in [5.74, 6) is 0.149. The average molecular weight is 523 g/mol. The summed E-state index contributed by atoms with van der Waals surface area (Å²) in [6, 6.07) is 11.4. The van der Waals surface area contributed by atoms with Crippen molar-refractivity contribution in [2.45, 2.75) is 26.8 Å². The molecule has 0 radical (unpaired) electrons. The Balaban J connectivity index is 1.92. The second-order valence-corrected chi connectivity index (χ2v) is 9.06. The van der Waals surface area contributed by atoms with Crippen molar-refractivity contribution in [1.82, 2.24) is 4.57 Å². The fourth-order valence-electron chi connectivity index (χ4n) is 4.14. The summed E-state index contributed by atoms with van der Waals surface area (Å²) in [5, 5.41) is 0. The maximum absolute atomic E-state index is 13.8. The first kappa shape index (κ1) is 25.9. The van der Waals surface area contributed by atoms with E-state index in [2.05, 4.69) is 4.99 Å². The number of nitrogens with zero attached hydrogens (tertiary/aromatic N) is 2. The standard InChI is InChI=1S/C27H26N2O7S/c1-6-35-26(32)23-15(2)28-27-29(24(23)18-9-7-8-10-19(18)33-4)25(31)22(37-27)14-17-11-12-20(36-16(3)30)21(13-17)34-5/h7-14,24H,6H2,1-5H3/b22-14+/t24-/m0/s1. The van der Waals surface area contributed by atoms with E-state index >= 15 is 0 Å². The molecule has 0 saturated heterocycles. The Hall–Kier alpha value is -4.18. The van der Waals surface area contributed by atoms with Crippen LogP contribution in [0.15, 0.2) is 63.5 Å². The zero-order chi connectivity index (χ0) is 26.7. The molecule has 2 heterocycles. The van der Waals surface area contributed by atoms with Gasteiger partial charge in [0.2, 0.25) is 0 Å². The van der Waals surface area contributed by atoms with Gasteiger partial charge in [-0.1, -0.05) is 35.6 Å². The number of hydrogen-bond donors (Lipinski definition) is 0. The van der Waals surface area contributed by atoms with Crippen LogP contribution < -0.4 is 29.1 Å². The van der Waals surface area contributed by atoms with E-state index in [0.29, 0.717) is 37.7 Å². The molecule has 1 aromatic heterocycles. The first-order valence-corrected chi connectivity index (χ1v) is 12.3. The lowest BCUT2D eigenvalue weighted by Gasteiger charge is -2.25. The van der Waals surface area contributed by atoms with Gasteiger partial charge in [-0.25, -0.2) is 9.79 Å². The Bertz CT molecular complexity index is 1580. The second-order valence-electron chi connectivity index (χ2n) is 8.05. The number of aromatic nitrogens is 1. The summed E-state index contributed by atoms with van der Waals surface area (Å²) in [7, 11) is 3.00. The van der Waals surface area contributed by atoms with Gasteiger partial charge in [0.05, 0.1) is 36.6 Å². The number of hydrogen-bond acceptors (Lipinski definition) is 9.